The summed E-state index contributed by atoms with van der Waals surface area (Å²) in [7, 11) is 0. The lowest BCUT2D eigenvalue weighted by molar-refractivity contribution is -0.134. The van der Waals surface area contributed by atoms with Crippen LogP contribution in [-0.4, -0.2) is 62.9 Å². The van der Waals surface area contributed by atoms with E-state index in [4.69, 9.17) is 15.4 Å². The number of halogens is 1. The minimum atomic E-state index is -1.45. The van der Waals surface area contributed by atoms with Gasteiger partial charge in [-0.2, -0.15) is 15.5 Å². The van der Waals surface area contributed by atoms with Gasteiger partial charge >= 0.3 is 0 Å². The summed E-state index contributed by atoms with van der Waals surface area (Å²) in [5.74, 6) is 0.310. The van der Waals surface area contributed by atoms with Crippen molar-refractivity contribution < 1.29 is 13.9 Å². The van der Waals surface area contributed by atoms with Crippen LogP contribution < -0.4 is 15.4 Å². The van der Waals surface area contributed by atoms with E-state index >= 15 is 0 Å². The third-order valence-corrected chi connectivity index (χ3v) is 5.35. The van der Waals surface area contributed by atoms with Crippen molar-refractivity contribution in [2.75, 3.05) is 18.4 Å². The molecule has 11 nitrogen and oxygen atoms in total. The van der Waals surface area contributed by atoms with E-state index in [-0.39, 0.29) is 48.7 Å². The number of hydrogen-bond donors (Lipinski definition) is 3. The maximum atomic E-state index is 14.7. The van der Waals surface area contributed by atoms with Gasteiger partial charge in [-0.15, -0.1) is 0 Å². The molecule has 2 atom stereocenters. The fraction of sp³-hybridized carbons (Fsp3) is 0.400. The summed E-state index contributed by atoms with van der Waals surface area (Å²) in [6.07, 6.45) is 1.76. The summed E-state index contributed by atoms with van der Waals surface area (Å²) in [6, 6.07) is 8.59. The Morgan fingerprint density at radius 3 is 2.78 bits per heavy atom. The topological polar surface area (TPSA) is 164 Å². The third kappa shape index (κ3) is 7.45. The number of carbonyl (C=O) groups excluding carboxylic acids is 1. The maximum Gasteiger partial charge on any atom is 0.236 e. The van der Waals surface area contributed by atoms with Gasteiger partial charge in [0, 0.05) is 36.5 Å². The first-order valence-corrected chi connectivity index (χ1v) is 11.6. The zero-order valence-corrected chi connectivity index (χ0v) is 20.8. The maximum absolute atomic E-state index is 14.7. The predicted octanol–water partition coefficient (Wildman–Crippen LogP) is 2.93. The number of hydrogen-bond acceptors (Lipinski definition) is 10. The Bertz CT molecular complexity index is 1260. The number of carbonyl (C=O) groups is 1. The normalized spacial score (nSPS) is 17.8. The van der Waals surface area contributed by atoms with Crippen LogP contribution in [0.25, 0.3) is 11.4 Å². The number of rotatable bonds is 8. The number of benzene rings is 1. The fourth-order valence-electron chi connectivity index (χ4n) is 3.48. The number of likely N-dealkylation sites (tertiary alicyclic amines) is 1. The van der Waals surface area contributed by atoms with Gasteiger partial charge in [0.1, 0.15) is 30.7 Å². The molecule has 192 valence electrons. The molecule has 0 spiro atoms. The summed E-state index contributed by atoms with van der Waals surface area (Å²) < 4.78 is 20.5. The summed E-state index contributed by atoms with van der Waals surface area (Å²) in [6.45, 7) is 6.06. The Kier molecular flexibility index (Phi) is 8.69. The monoisotopic (exact) mass is 505 g/mol. The predicted molar refractivity (Wildman–Crippen MR) is 134 cm³/mol. The van der Waals surface area contributed by atoms with Crippen LogP contribution in [-0.2, 0) is 4.79 Å². The highest BCUT2D eigenvalue weighted by Crippen LogP contribution is 2.28. The highest BCUT2D eigenvalue weighted by Gasteiger charge is 2.33. The number of allylic oxidation sites excluding steroid dienone is 1. The van der Waals surface area contributed by atoms with Crippen molar-refractivity contribution in [2.24, 2.45) is 0 Å². The Balaban J connectivity index is 1.74. The van der Waals surface area contributed by atoms with Crippen LogP contribution in [0.4, 0.5) is 10.3 Å². The first-order chi connectivity index (χ1) is 17.6. The zero-order valence-electron chi connectivity index (χ0n) is 20.8. The largest absolute Gasteiger partial charge is 0.486 e. The minimum absolute atomic E-state index is 0.163. The third-order valence-electron chi connectivity index (χ3n) is 5.35. The first kappa shape index (κ1) is 27.0. The van der Waals surface area contributed by atoms with Crippen LogP contribution in [0.15, 0.2) is 36.4 Å². The average Bonchev–Trinajstić information content (AvgIpc) is 2.87. The summed E-state index contributed by atoms with van der Waals surface area (Å²) in [4.78, 5) is 25.8. The number of amides is 1. The molecule has 1 aromatic carbocycles. The van der Waals surface area contributed by atoms with Gasteiger partial charge in [-0.05, 0) is 39.0 Å². The summed E-state index contributed by atoms with van der Waals surface area (Å²) >= 11 is 0. The van der Waals surface area contributed by atoms with E-state index in [0.29, 0.717) is 17.1 Å². The number of ether oxygens (including phenoxy) is 1. The molecule has 0 aliphatic carbocycles. The molecule has 0 saturated carbocycles. The second kappa shape index (κ2) is 11.9. The molecule has 1 aliphatic heterocycles. The SMILES string of the molecule is CC(C)(C)N/C=C(\C=N)Nc1ncnc(-c2ccc(O[C@H]3CCN(C(=O)CC#N)C[C@H]3F)c(C#N)c2)n1. The Morgan fingerprint density at radius 2 is 2.14 bits per heavy atom. The lowest BCUT2D eigenvalue weighted by atomic mass is 10.0. The lowest BCUT2D eigenvalue weighted by Crippen LogP contribution is -2.49. The summed E-state index contributed by atoms with van der Waals surface area (Å²) in [5.41, 5.74) is 0.953. The Hall–Kier alpha value is -4.58. The molecule has 1 aromatic heterocycles. The van der Waals surface area contributed by atoms with E-state index in [1.807, 2.05) is 20.8 Å². The lowest BCUT2D eigenvalue weighted by Gasteiger charge is -2.34. The second-order valence-electron chi connectivity index (χ2n) is 9.35. The van der Waals surface area contributed by atoms with Gasteiger partial charge in [0.05, 0.1) is 23.9 Å². The average molecular weight is 506 g/mol. The van der Waals surface area contributed by atoms with Crippen molar-refractivity contribution in [1.29, 1.82) is 15.9 Å². The van der Waals surface area contributed by atoms with Crippen LogP contribution in [0.3, 0.4) is 0 Å². The van der Waals surface area contributed by atoms with Crippen LogP contribution in [0.1, 0.15) is 39.2 Å². The molecule has 2 heterocycles. The quantitative estimate of drug-likeness (QED) is 0.458. The molecular formula is C25H28FN9O2. The Labute approximate surface area is 214 Å². The molecule has 2 aromatic rings. The van der Waals surface area contributed by atoms with Crippen LogP contribution >= 0.6 is 0 Å². The molecule has 37 heavy (non-hydrogen) atoms. The van der Waals surface area contributed by atoms with Crippen LogP contribution in [0.2, 0.25) is 0 Å². The number of anilines is 1. The van der Waals surface area contributed by atoms with Gasteiger partial charge in [0.15, 0.2) is 12.0 Å². The fourth-order valence-corrected chi connectivity index (χ4v) is 3.48. The van der Waals surface area contributed by atoms with Crippen LogP contribution in [0, 0.1) is 28.1 Å². The van der Waals surface area contributed by atoms with Gasteiger partial charge in [0.2, 0.25) is 11.9 Å². The summed E-state index contributed by atoms with van der Waals surface area (Å²) in [5, 5.41) is 32.1. The first-order valence-electron chi connectivity index (χ1n) is 11.6. The molecule has 1 amide bonds. The van der Waals surface area contributed by atoms with E-state index in [1.165, 1.54) is 11.2 Å². The molecule has 1 aliphatic rings. The molecule has 0 unspecified atom stereocenters. The second-order valence-corrected chi connectivity index (χ2v) is 9.35. The zero-order chi connectivity index (χ0) is 27.0. The molecule has 0 bridgehead atoms. The van der Waals surface area contributed by atoms with E-state index < -0.39 is 18.2 Å². The van der Waals surface area contributed by atoms with Crippen molar-refractivity contribution >= 4 is 18.1 Å². The number of alkyl halides is 1. The van der Waals surface area contributed by atoms with Gasteiger partial charge in [-0.1, -0.05) is 0 Å². The number of nitrogens with zero attached hydrogens (tertiary/aromatic N) is 6. The molecular weight excluding hydrogens is 477 g/mol. The van der Waals surface area contributed by atoms with E-state index in [9.17, 15) is 14.4 Å². The van der Waals surface area contributed by atoms with E-state index in [1.54, 1.807) is 30.5 Å². The van der Waals surface area contributed by atoms with Crippen LogP contribution in [0.5, 0.6) is 5.75 Å². The Morgan fingerprint density at radius 1 is 1.35 bits per heavy atom. The minimum Gasteiger partial charge on any atom is -0.486 e. The van der Waals surface area contributed by atoms with Crippen molar-refractivity contribution in [2.45, 2.75) is 51.4 Å². The highest BCUT2D eigenvalue weighted by atomic mass is 19.1. The van der Waals surface area contributed by atoms with Crippen molar-refractivity contribution in [3.63, 3.8) is 0 Å². The smallest absolute Gasteiger partial charge is 0.236 e. The van der Waals surface area contributed by atoms with E-state index in [2.05, 4.69) is 31.7 Å². The van der Waals surface area contributed by atoms with Crippen molar-refractivity contribution in [3.05, 3.63) is 42.0 Å². The molecule has 12 heteroatoms. The number of nitrogens with one attached hydrogen (secondary N) is 3. The van der Waals surface area contributed by atoms with Crippen molar-refractivity contribution in [3.8, 4) is 29.3 Å². The van der Waals surface area contributed by atoms with Crippen molar-refractivity contribution in [1.82, 2.24) is 25.2 Å². The molecule has 3 rings (SSSR count). The number of aromatic nitrogens is 3. The van der Waals surface area contributed by atoms with Gasteiger partial charge < -0.3 is 25.7 Å². The van der Waals surface area contributed by atoms with Gasteiger partial charge in [-0.3, -0.25) is 4.79 Å². The standard InChI is InChI=1S/C25H28FN9O2/c1-25(2,3)32-13-18(12-29)33-24-31-15-30-23(34-24)16-4-5-20(17(10-16)11-28)37-21-7-9-35(14-19(21)26)22(36)6-8-27/h4-5,10,12-13,15,19,21,29,32H,6-7,9,14H2,1-3H3,(H,30,31,33,34)/b18-13+,29-12?/t19-,21+/m1/s1. The van der Waals surface area contributed by atoms with Gasteiger partial charge in [-0.25, -0.2) is 14.4 Å². The molecule has 1 saturated heterocycles. The molecule has 0 radical (unpaired) electrons. The number of nitriles is 2. The van der Waals surface area contributed by atoms with Gasteiger partial charge in [0.25, 0.3) is 0 Å². The molecule has 1 fully saturated rings. The van der Waals surface area contributed by atoms with E-state index in [0.717, 1.165) is 6.21 Å². The highest BCUT2D eigenvalue weighted by molar-refractivity contribution is 5.79. The number of piperidine rings is 1. The molecule has 3 N–H and O–H groups in total.